The predicted octanol–water partition coefficient (Wildman–Crippen LogP) is 4.81. The molecule has 0 aliphatic carbocycles. The first-order chi connectivity index (χ1) is 9.06. The number of aromatic amines is 1. The lowest BCUT2D eigenvalue weighted by Gasteiger charge is -2.05. The van der Waals surface area contributed by atoms with E-state index in [1.54, 1.807) is 0 Å². The number of hydrogen-bond donors (Lipinski definition) is 1. The van der Waals surface area contributed by atoms with Gasteiger partial charge in [0, 0.05) is 10.7 Å². The van der Waals surface area contributed by atoms with Crippen molar-refractivity contribution in [3.8, 4) is 5.69 Å². The number of aromatic nitrogens is 3. The zero-order chi connectivity index (χ0) is 13.6. The molecular weight excluding hydrogens is 346 g/mol. The molecule has 0 aliphatic heterocycles. The van der Waals surface area contributed by atoms with Crippen LogP contribution in [0, 0.1) is 11.7 Å². The van der Waals surface area contributed by atoms with Gasteiger partial charge in [-0.3, -0.25) is 4.57 Å². The molecule has 0 radical (unpaired) electrons. The molecule has 0 spiro atoms. The van der Waals surface area contributed by atoms with E-state index >= 15 is 0 Å². The van der Waals surface area contributed by atoms with Crippen LogP contribution in [0.15, 0.2) is 34.9 Å². The molecule has 1 aromatic carbocycles. The van der Waals surface area contributed by atoms with Crippen molar-refractivity contribution in [3.63, 3.8) is 0 Å². The average Bonchev–Trinajstić information content (AvgIpc) is 2.68. The first-order valence-corrected chi connectivity index (χ1v) is 7.17. The standard InChI is InChI=1S/C13H9BrClN3S/c1-7-4-11-12(16-6-7)18(13(19)17-11)8-2-3-9(14)10(15)5-8/h2-6H,1H3,(H,17,19). The van der Waals surface area contributed by atoms with E-state index in [0.29, 0.717) is 9.79 Å². The molecule has 0 unspecified atom stereocenters. The third kappa shape index (κ3) is 2.22. The van der Waals surface area contributed by atoms with Crippen LogP contribution in [0.5, 0.6) is 0 Å². The molecule has 0 bridgehead atoms. The second-order valence-corrected chi connectivity index (χ2v) is 5.90. The van der Waals surface area contributed by atoms with Gasteiger partial charge >= 0.3 is 0 Å². The minimum absolute atomic E-state index is 0.603. The minimum atomic E-state index is 0.603. The van der Waals surface area contributed by atoms with E-state index in [-0.39, 0.29) is 0 Å². The van der Waals surface area contributed by atoms with E-state index in [1.165, 1.54) is 0 Å². The Morgan fingerprint density at radius 3 is 2.89 bits per heavy atom. The molecular formula is C13H9BrClN3S. The fraction of sp³-hybridized carbons (Fsp3) is 0.0769. The van der Waals surface area contributed by atoms with Crippen LogP contribution in [0.1, 0.15) is 5.56 Å². The summed E-state index contributed by atoms with van der Waals surface area (Å²) in [5.41, 5.74) is 3.70. The van der Waals surface area contributed by atoms with Gasteiger partial charge in [0.1, 0.15) is 0 Å². The predicted molar refractivity (Wildman–Crippen MR) is 83.7 cm³/mol. The first-order valence-electron chi connectivity index (χ1n) is 5.59. The number of H-pyrrole nitrogens is 1. The van der Waals surface area contributed by atoms with E-state index in [0.717, 1.165) is 26.9 Å². The topological polar surface area (TPSA) is 33.6 Å². The highest BCUT2D eigenvalue weighted by Gasteiger charge is 2.09. The molecule has 0 saturated carbocycles. The van der Waals surface area contributed by atoms with E-state index < -0.39 is 0 Å². The van der Waals surface area contributed by atoms with Gasteiger partial charge in [0.2, 0.25) is 0 Å². The lowest BCUT2D eigenvalue weighted by molar-refractivity contribution is 1.04. The van der Waals surface area contributed by atoms with Gasteiger partial charge in [-0.15, -0.1) is 0 Å². The number of benzene rings is 1. The summed E-state index contributed by atoms with van der Waals surface area (Å²) in [6, 6.07) is 7.72. The molecule has 3 nitrogen and oxygen atoms in total. The van der Waals surface area contributed by atoms with E-state index in [1.807, 2.05) is 42.0 Å². The molecule has 19 heavy (non-hydrogen) atoms. The molecule has 0 fully saturated rings. The number of pyridine rings is 1. The fourth-order valence-corrected chi connectivity index (χ4v) is 2.69. The van der Waals surface area contributed by atoms with Crippen LogP contribution < -0.4 is 0 Å². The van der Waals surface area contributed by atoms with Crippen molar-refractivity contribution in [2.45, 2.75) is 6.92 Å². The number of halogens is 2. The Balaban J connectivity index is 2.32. The zero-order valence-electron chi connectivity index (χ0n) is 9.95. The van der Waals surface area contributed by atoms with Gasteiger partial charge in [-0.2, -0.15) is 0 Å². The second kappa shape index (κ2) is 4.74. The van der Waals surface area contributed by atoms with Gasteiger partial charge in [0.25, 0.3) is 0 Å². The van der Waals surface area contributed by atoms with Crippen molar-refractivity contribution in [1.29, 1.82) is 0 Å². The zero-order valence-corrected chi connectivity index (χ0v) is 13.1. The summed E-state index contributed by atoms with van der Waals surface area (Å²) in [5.74, 6) is 0. The summed E-state index contributed by atoms with van der Waals surface area (Å²) < 4.78 is 3.34. The Hall–Kier alpha value is -1.17. The van der Waals surface area contributed by atoms with E-state index in [9.17, 15) is 0 Å². The molecule has 0 atom stereocenters. The second-order valence-electron chi connectivity index (χ2n) is 4.25. The van der Waals surface area contributed by atoms with Crippen LogP contribution in [0.25, 0.3) is 16.9 Å². The summed E-state index contributed by atoms with van der Waals surface area (Å²) >= 11 is 14.9. The van der Waals surface area contributed by atoms with Gasteiger partial charge in [-0.1, -0.05) is 11.6 Å². The van der Waals surface area contributed by atoms with Crippen molar-refractivity contribution in [1.82, 2.24) is 14.5 Å². The number of nitrogens with one attached hydrogen (secondary N) is 1. The normalized spacial score (nSPS) is 11.1. The molecule has 0 aliphatic rings. The highest BCUT2D eigenvalue weighted by Crippen LogP contribution is 2.26. The Morgan fingerprint density at radius 1 is 1.37 bits per heavy atom. The van der Waals surface area contributed by atoms with Gasteiger partial charge in [0.15, 0.2) is 10.4 Å². The summed E-state index contributed by atoms with van der Waals surface area (Å²) in [6.45, 7) is 2.00. The highest BCUT2D eigenvalue weighted by atomic mass is 79.9. The Bertz CT molecular complexity index is 838. The van der Waals surface area contributed by atoms with Crippen molar-refractivity contribution in [3.05, 3.63) is 50.3 Å². The Morgan fingerprint density at radius 2 is 2.16 bits per heavy atom. The molecule has 1 N–H and O–H groups in total. The van der Waals surface area contributed by atoms with Crippen LogP contribution in [0.4, 0.5) is 0 Å². The maximum atomic E-state index is 6.13. The fourth-order valence-electron chi connectivity index (χ4n) is 1.96. The minimum Gasteiger partial charge on any atom is -0.329 e. The molecule has 6 heteroatoms. The number of aryl methyl sites for hydroxylation is 1. The third-order valence-electron chi connectivity index (χ3n) is 2.82. The van der Waals surface area contributed by atoms with Gasteiger partial charge in [-0.25, -0.2) is 4.98 Å². The van der Waals surface area contributed by atoms with Crippen LogP contribution in [0.3, 0.4) is 0 Å². The largest absolute Gasteiger partial charge is 0.329 e. The van der Waals surface area contributed by atoms with Crippen LogP contribution in [-0.4, -0.2) is 14.5 Å². The average molecular weight is 355 g/mol. The molecule has 3 rings (SSSR count). The van der Waals surface area contributed by atoms with Gasteiger partial charge in [0.05, 0.1) is 16.2 Å². The van der Waals surface area contributed by atoms with Crippen molar-refractivity contribution >= 4 is 50.9 Å². The lowest BCUT2D eigenvalue weighted by atomic mass is 10.3. The number of imidazole rings is 1. The monoisotopic (exact) mass is 353 g/mol. The molecule has 0 amide bonds. The maximum Gasteiger partial charge on any atom is 0.183 e. The molecule has 96 valence electrons. The maximum absolute atomic E-state index is 6.13. The molecule has 0 saturated heterocycles. The highest BCUT2D eigenvalue weighted by molar-refractivity contribution is 9.10. The molecule has 3 aromatic rings. The summed E-state index contributed by atoms with van der Waals surface area (Å²) in [4.78, 5) is 7.60. The van der Waals surface area contributed by atoms with Crippen molar-refractivity contribution < 1.29 is 0 Å². The number of nitrogens with zero attached hydrogens (tertiary/aromatic N) is 2. The van der Waals surface area contributed by atoms with E-state index in [2.05, 4.69) is 25.9 Å². The SMILES string of the molecule is Cc1cnc2c(c1)[nH]c(=S)n2-c1ccc(Br)c(Cl)c1. The number of hydrogen-bond acceptors (Lipinski definition) is 2. The summed E-state index contributed by atoms with van der Waals surface area (Å²) in [5, 5.41) is 0.640. The summed E-state index contributed by atoms with van der Waals surface area (Å²) in [6.07, 6.45) is 1.82. The lowest BCUT2D eigenvalue weighted by Crippen LogP contribution is -1.95. The third-order valence-corrected chi connectivity index (χ3v) is 4.34. The number of rotatable bonds is 1. The quantitative estimate of drug-likeness (QED) is 0.636. The smallest absolute Gasteiger partial charge is 0.183 e. The van der Waals surface area contributed by atoms with Crippen LogP contribution in [-0.2, 0) is 0 Å². The first kappa shape index (κ1) is 12.8. The van der Waals surface area contributed by atoms with Gasteiger partial charge in [-0.05, 0) is 64.9 Å². The molecule has 2 heterocycles. The summed E-state index contributed by atoms with van der Waals surface area (Å²) in [7, 11) is 0. The Kier molecular flexibility index (Phi) is 3.20. The Labute approximate surface area is 128 Å². The van der Waals surface area contributed by atoms with Crippen LogP contribution >= 0.6 is 39.7 Å². The van der Waals surface area contributed by atoms with Crippen molar-refractivity contribution in [2.75, 3.05) is 0 Å². The van der Waals surface area contributed by atoms with Crippen LogP contribution in [0.2, 0.25) is 5.02 Å². The van der Waals surface area contributed by atoms with Gasteiger partial charge < -0.3 is 4.98 Å². The molecule has 2 aromatic heterocycles. The van der Waals surface area contributed by atoms with E-state index in [4.69, 9.17) is 23.8 Å². The number of fused-ring (bicyclic) bond motifs is 1. The van der Waals surface area contributed by atoms with Crippen molar-refractivity contribution in [2.24, 2.45) is 0 Å².